The van der Waals surface area contributed by atoms with Gasteiger partial charge in [-0.25, -0.2) is 4.99 Å². The van der Waals surface area contributed by atoms with Crippen molar-refractivity contribution < 1.29 is 4.79 Å². The third kappa shape index (κ3) is 4.95. The smallest absolute Gasteiger partial charge is 0.248 e. The van der Waals surface area contributed by atoms with Crippen molar-refractivity contribution in [3.05, 3.63) is 65.7 Å². The number of piperidine rings is 1. The molecule has 1 amide bonds. The average molecular weight is 392 g/mol. The molecule has 29 heavy (non-hydrogen) atoms. The van der Waals surface area contributed by atoms with Gasteiger partial charge < -0.3 is 16.0 Å². The van der Waals surface area contributed by atoms with Gasteiger partial charge in [-0.3, -0.25) is 9.69 Å². The number of amides is 1. The van der Waals surface area contributed by atoms with Crippen molar-refractivity contribution in [2.45, 2.75) is 31.8 Å². The number of para-hydroxylation sites is 1. The zero-order valence-corrected chi connectivity index (χ0v) is 16.8. The molecule has 2 aliphatic heterocycles. The molecule has 1 fully saturated rings. The maximum Gasteiger partial charge on any atom is 0.248 e. The number of fused-ring (bicyclic) bond motifs is 1. The number of hydrogen-bond donors (Lipinski definition) is 2. The monoisotopic (exact) mass is 391 g/mol. The molecule has 6 heteroatoms. The molecule has 3 N–H and O–H groups in total. The van der Waals surface area contributed by atoms with Crippen LogP contribution < -0.4 is 16.0 Å². The number of carbonyl (C=O) groups is 1. The van der Waals surface area contributed by atoms with E-state index < -0.39 is 0 Å². The van der Waals surface area contributed by atoms with Crippen LogP contribution in [0.1, 0.15) is 24.0 Å². The highest BCUT2D eigenvalue weighted by Crippen LogP contribution is 2.27. The van der Waals surface area contributed by atoms with E-state index in [0.29, 0.717) is 12.0 Å². The van der Waals surface area contributed by atoms with Crippen LogP contribution in [0.15, 0.2) is 59.6 Å². The summed E-state index contributed by atoms with van der Waals surface area (Å²) in [5.41, 5.74) is 9.63. The fourth-order valence-corrected chi connectivity index (χ4v) is 4.17. The van der Waals surface area contributed by atoms with E-state index in [0.717, 1.165) is 51.1 Å². The Balaban J connectivity index is 1.22. The Hall–Kier alpha value is -2.86. The molecule has 0 aromatic heterocycles. The van der Waals surface area contributed by atoms with Gasteiger partial charge in [-0.2, -0.15) is 0 Å². The second kappa shape index (κ2) is 9.09. The van der Waals surface area contributed by atoms with E-state index in [1.807, 2.05) is 23.1 Å². The van der Waals surface area contributed by atoms with Crippen molar-refractivity contribution in [1.82, 2.24) is 10.2 Å². The van der Waals surface area contributed by atoms with Crippen LogP contribution in [0.2, 0.25) is 0 Å². The Morgan fingerprint density at radius 3 is 2.55 bits per heavy atom. The SMILES string of the molecule is NC(=NCC(=O)N1CCc2ccccc21)NC1CCN(Cc2ccccc2)CC1. The van der Waals surface area contributed by atoms with Crippen LogP contribution in [0.4, 0.5) is 5.69 Å². The van der Waals surface area contributed by atoms with Gasteiger partial charge in [0.2, 0.25) is 5.91 Å². The molecule has 0 atom stereocenters. The number of nitrogens with zero attached hydrogens (tertiary/aromatic N) is 3. The van der Waals surface area contributed by atoms with Gasteiger partial charge in [0.1, 0.15) is 6.54 Å². The summed E-state index contributed by atoms with van der Waals surface area (Å²) in [5.74, 6) is 0.365. The maximum atomic E-state index is 12.6. The first-order valence-corrected chi connectivity index (χ1v) is 10.4. The second-order valence-corrected chi connectivity index (χ2v) is 7.81. The van der Waals surface area contributed by atoms with E-state index in [1.165, 1.54) is 11.1 Å². The quantitative estimate of drug-likeness (QED) is 0.605. The van der Waals surface area contributed by atoms with Gasteiger partial charge in [0.25, 0.3) is 0 Å². The minimum absolute atomic E-state index is 0.00243. The van der Waals surface area contributed by atoms with Crippen molar-refractivity contribution in [1.29, 1.82) is 0 Å². The third-order valence-corrected chi connectivity index (χ3v) is 5.76. The van der Waals surface area contributed by atoms with Gasteiger partial charge in [0.05, 0.1) is 0 Å². The predicted molar refractivity (Wildman–Crippen MR) is 117 cm³/mol. The Kier molecular flexibility index (Phi) is 6.10. The molecule has 2 aromatic carbocycles. The summed E-state index contributed by atoms with van der Waals surface area (Å²) in [5, 5.41) is 3.30. The van der Waals surface area contributed by atoms with E-state index >= 15 is 0 Å². The molecule has 2 aliphatic rings. The van der Waals surface area contributed by atoms with Gasteiger partial charge in [-0.1, -0.05) is 48.5 Å². The van der Waals surface area contributed by atoms with Gasteiger partial charge in [0, 0.05) is 37.9 Å². The lowest BCUT2D eigenvalue weighted by molar-refractivity contribution is -0.117. The summed E-state index contributed by atoms with van der Waals surface area (Å²) in [6.45, 7) is 3.86. The predicted octanol–water partition coefficient (Wildman–Crippen LogP) is 2.14. The minimum Gasteiger partial charge on any atom is -0.370 e. The van der Waals surface area contributed by atoms with Crippen LogP contribution in [0.25, 0.3) is 0 Å². The second-order valence-electron chi connectivity index (χ2n) is 7.81. The summed E-state index contributed by atoms with van der Waals surface area (Å²) in [6, 6.07) is 18.9. The molecule has 0 bridgehead atoms. The van der Waals surface area contributed by atoms with Crippen molar-refractivity contribution in [2.24, 2.45) is 10.7 Å². The molecule has 1 saturated heterocycles. The molecule has 2 aromatic rings. The lowest BCUT2D eigenvalue weighted by Gasteiger charge is -2.32. The first-order valence-electron chi connectivity index (χ1n) is 10.4. The van der Waals surface area contributed by atoms with E-state index in [1.54, 1.807) is 0 Å². The molecule has 152 valence electrons. The minimum atomic E-state index is -0.00243. The van der Waals surface area contributed by atoms with E-state index in [-0.39, 0.29) is 12.5 Å². The molecule has 0 spiro atoms. The molecule has 0 aliphatic carbocycles. The summed E-state index contributed by atoms with van der Waals surface area (Å²) < 4.78 is 0. The largest absolute Gasteiger partial charge is 0.370 e. The number of nitrogens with two attached hydrogens (primary N) is 1. The number of likely N-dealkylation sites (tertiary alicyclic amines) is 1. The topological polar surface area (TPSA) is 74.0 Å². The average Bonchev–Trinajstić information content (AvgIpc) is 3.18. The van der Waals surface area contributed by atoms with Crippen LogP contribution in [0.3, 0.4) is 0 Å². The highest BCUT2D eigenvalue weighted by molar-refractivity contribution is 5.97. The van der Waals surface area contributed by atoms with Crippen LogP contribution in [0, 0.1) is 0 Å². The molecular formula is C23H29N5O. The van der Waals surface area contributed by atoms with Crippen LogP contribution in [-0.4, -0.2) is 49.0 Å². The molecule has 0 unspecified atom stereocenters. The zero-order valence-electron chi connectivity index (χ0n) is 16.8. The lowest BCUT2D eigenvalue weighted by Crippen LogP contribution is -2.47. The van der Waals surface area contributed by atoms with Crippen LogP contribution in [-0.2, 0) is 17.8 Å². The van der Waals surface area contributed by atoms with E-state index in [2.05, 4.69) is 51.6 Å². The van der Waals surface area contributed by atoms with Crippen molar-refractivity contribution in [3.63, 3.8) is 0 Å². The molecule has 0 radical (unpaired) electrons. The van der Waals surface area contributed by atoms with Gasteiger partial charge in [-0.15, -0.1) is 0 Å². The number of nitrogens with one attached hydrogen (secondary N) is 1. The number of rotatable bonds is 5. The molecule has 0 saturated carbocycles. The van der Waals surface area contributed by atoms with Gasteiger partial charge in [0.15, 0.2) is 5.96 Å². The first-order chi connectivity index (χ1) is 14.2. The molecule has 6 nitrogen and oxygen atoms in total. The number of benzene rings is 2. The summed E-state index contributed by atoms with van der Waals surface area (Å²) >= 11 is 0. The van der Waals surface area contributed by atoms with Crippen molar-refractivity contribution in [3.8, 4) is 0 Å². The number of hydrogen-bond acceptors (Lipinski definition) is 3. The van der Waals surface area contributed by atoms with E-state index in [9.17, 15) is 4.79 Å². The Morgan fingerprint density at radius 1 is 1.03 bits per heavy atom. The molecular weight excluding hydrogens is 362 g/mol. The van der Waals surface area contributed by atoms with Crippen LogP contribution >= 0.6 is 0 Å². The Labute approximate surface area is 172 Å². The fraction of sp³-hybridized carbons (Fsp3) is 0.391. The standard InChI is InChI=1S/C23H29N5O/c24-23(25-16-22(29)28-15-10-19-8-4-5-9-21(19)28)26-20-11-13-27(14-12-20)17-18-6-2-1-3-7-18/h1-9,20H,10-17H2,(H3,24,25,26). The zero-order chi connectivity index (χ0) is 20.1. The molecule has 4 rings (SSSR count). The molecule has 2 heterocycles. The Bertz CT molecular complexity index is 859. The third-order valence-electron chi connectivity index (χ3n) is 5.76. The lowest BCUT2D eigenvalue weighted by atomic mass is 10.0. The highest BCUT2D eigenvalue weighted by atomic mass is 16.2. The van der Waals surface area contributed by atoms with Gasteiger partial charge in [-0.05, 0) is 36.5 Å². The number of anilines is 1. The van der Waals surface area contributed by atoms with Crippen LogP contribution in [0.5, 0.6) is 0 Å². The summed E-state index contributed by atoms with van der Waals surface area (Å²) in [7, 11) is 0. The van der Waals surface area contributed by atoms with E-state index in [4.69, 9.17) is 5.73 Å². The fourth-order valence-electron chi connectivity index (χ4n) is 4.17. The van der Waals surface area contributed by atoms with Crippen molar-refractivity contribution >= 4 is 17.6 Å². The Morgan fingerprint density at radius 2 is 1.76 bits per heavy atom. The van der Waals surface area contributed by atoms with Crippen molar-refractivity contribution in [2.75, 3.05) is 31.1 Å². The summed E-state index contributed by atoms with van der Waals surface area (Å²) in [6.07, 6.45) is 2.95. The summed E-state index contributed by atoms with van der Waals surface area (Å²) in [4.78, 5) is 21.1. The number of guanidine groups is 1. The number of carbonyl (C=O) groups excluding carboxylic acids is 1. The first kappa shape index (κ1) is 19.5. The maximum absolute atomic E-state index is 12.6. The van der Waals surface area contributed by atoms with Gasteiger partial charge >= 0.3 is 0 Å². The normalized spacial score (nSPS) is 17.9. The highest BCUT2D eigenvalue weighted by Gasteiger charge is 2.24. The number of aliphatic imine (C=N–C) groups is 1.